The monoisotopic (exact) mass is 614 g/mol. The molecule has 12 heteroatoms. The highest BCUT2D eigenvalue weighted by atomic mass is 19.1. The topological polar surface area (TPSA) is 153 Å². The third kappa shape index (κ3) is 9.96. The van der Waals surface area contributed by atoms with Crippen LogP contribution in [-0.2, 0) is 49.7 Å². The van der Waals surface area contributed by atoms with Crippen molar-refractivity contribution in [2.45, 2.75) is 84.3 Å². The number of amides is 2. The fourth-order valence-corrected chi connectivity index (χ4v) is 5.41. The molecular weight excluding hydrogens is 571 g/mol. The number of hydrogen-bond acceptors (Lipinski definition) is 9. The van der Waals surface area contributed by atoms with Crippen LogP contribution in [0.4, 0.5) is 15.0 Å². The van der Waals surface area contributed by atoms with Crippen molar-refractivity contribution in [3.63, 3.8) is 0 Å². The molecule has 11 nitrogen and oxygen atoms in total. The third-order valence-corrected chi connectivity index (χ3v) is 7.54. The van der Waals surface area contributed by atoms with Crippen LogP contribution < -0.4 is 16.0 Å². The lowest BCUT2D eigenvalue weighted by Gasteiger charge is -2.35. The standard InChI is InChI=1S/C32H43FN4O7/c1-32(2,3)44-31(41)37-11-4-5-23-6-7-26(36-28(23)37)18-21-14-24(15-21)29(39)35-10-8-27(38)42-12-9-20-13-22(17-25(33)16-20)19-43-30(34)40/h6-7,13,16-17,21,24,30,40H,4-5,8-12,14-15,18-19,34H2,1-3H3,(H,35,39). The average Bonchev–Trinajstić information content (AvgIpc) is 2.92. The zero-order valence-corrected chi connectivity index (χ0v) is 25.6. The van der Waals surface area contributed by atoms with E-state index in [1.807, 2.05) is 32.9 Å². The van der Waals surface area contributed by atoms with Gasteiger partial charge in [-0.15, -0.1) is 0 Å². The second kappa shape index (κ2) is 14.9. The van der Waals surface area contributed by atoms with Crippen LogP contribution in [0.2, 0.25) is 0 Å². The van der Waals surface area contributed by atoms with Crippen molar-refractivity contribution in [3.05, 3.63) is 58.5 Å². The number of hydrogen-bond donors (Lipinski definition) is 3. The molecule has 1 unspecified atom stereocenters. The number of carbonyl (C=O) groups excluding carboxylic acids is 3. The summed E-state index contributed by atoms with van der Waals surface area (Å²) in [5.74, 6) is -0.137. The number of carbonyl (C=O) groups is 3. The number of aromatic nitrogens is 1. The molecule has 2 heterocycles. The van der Waals surface area contributed by atoms with Gasteiger partial charge >= 0.3 is 12.1 Å². The number of esters is 1. The van der Waals surface area contributed by atoms with Gasteiger partial charge in [-0.2, -0.15) is 0 Å². The van der Waals surface area contributed by atoms with E-state index >= 15 is 0 Å². The van der Waals surface area contributed by atoms with E-state index in [1.54, 1.807) is 11.0 Å². The largest absolute Gasteiger partial charge is 0.465 e. The first kappa shape index (κ1) is 33.3. The second-order valence-electron chi connectivity index (χ2n) is 12.4. The van der Waals surface area contributed by atoms with E-state index in [1.165, 1.54) is 12.1 Å². The Morgan fingerprint density at radius 2 is 1.93 bits per heavy atom. The van der Waals surface area contributed by atoms with Gasteiger partial charge in [0.05, 0.1) is 19.6 Å². The molecule has 1 atom stereocenters. The van der Waals surface area contributed by atoms with Gasteiger partial charge in [-0.1, -0.05) is 12.1 Å². The SMILES string of the molecule is CC(C)(C)OC(=O)N1CCCc2ccc(CC3CC(C(=O)NCCC(=O)OCCc4cc(F)cc(COC(N)O)c4)C3)nc21. The Hall–Kier alpha value is -3.61. The predicted molar refractivity (Wildman–Crippen MR) is 160 cm³/mol. The molecule has 0 saturated heterocycles. The fraction of sp³-hybridized carbons (Fsp3) is 0.562. The Morgan fingerprint density at radius 3 is 2.66 bits per heavy atom. The third-order valence-electron chi connectivity index (χ3n) is 7.54. The summed E-state index contributed by atoms with van der Waals surface area (Å²) in [6.07, 6.45) is 2.41. The van der Waals surface area contributed by atoms with Crippen molar-refractivity contribution in [2.24, 2.45) is 17.6 Å². The minimum absolute atomic E-state index is 0.0334. The average molecular weight is 615 g/mol. The predicted octanol–water partition coefficient (Wildman–Crippen LogP) is 3.52. The molecule has 2 amide bonds. The fourth-order valence-electron chi connectivity index (χ4n) is 5.41. The number of ether oxygens (including phenoxy) is 3. The molecule has 1 aliphatic carbocycles. The lowest BCUT2D eigenvalue weighted by molar-refractivity contribution is -0.143. The van der Waals surface area contributed by atoms with Crippen molar-refractivity contribution in [1.29, 1.82) is 0 Å². The maximum absolute atomic E-state index is 13.8. The van der Waals surface area contributed by atoms with Crippen LogP contribution in [-0.4, -0.2) is 59.8 Å². The molecule has 0 radical (unpaired) electrons. The number of pyridine rings is 1. The van der Waals surface area contributed by atoms with Gasteiger partial charge in [0.25, 0.3) is 0 Å². The summed E-state index contributed by atoms with van der Waals surface area (Å²) in [5, 5.41) is 11.8. The van der Waals surface area contributed by atoms with Crippen LogP contribution in [0.25, 0.3) is 0 Å². The highest BCUT2D eigenvalue weighted by molar-refractivity contribution is 5.88. The Balaban J connectivity index is 1.14. The zero-order valence-electron chi connectivity index (χ0n) is 25.6. The van der Waals surface area contributed by atoms with Gasteiger partial charge in [-0.25, -0.2) is 14.2 Å². The molecule has 0 spiro atoms. The lowest BCUT2D eigenvalue weighted by atomic mass is 9.72. The summed E-state index contributed by atoms with van der Waals surface area (Å²) in [6, 6.07) is 8.34. The van der Waals surface area contributed by atoms with Gasteiger partial charge in [0.1, 0.15) is 17.2 Å². The van der Waals surface area contributed by atoms with Crippen molar-refractivity contribution in [3.8, 4) is 0 Å². The number of rotatable bonds is 12. The molecule has 1 aliphatic heterocycles. The first-order valence-corrected chi connectivity index (χ1v) is 15.1. The molecule has 2 aliphatic rings. The highest BCUT2D eigenvalue weighted by Crippen LogP contribution is 2.37. The lowest BCUT2D eigenvalue weighted by Crippen LogP contribution is -2.41. The molecule has 1 aromatic carbocycles. The Bertz CT molecular complexity index is 1320. The van der Waals surface area contributed by atoms with Crippen LogP contribution in [0.5, 0.6) is 0 Å². The summed E-state index contributed by atoms with van der Waals surface area (Å²) < 4.78 is 29.5. The first-order chi connectivity index (χ1) is 20.9. The van der Waals surface area contributed by atoms with Gasteiger partial charge < -0.3 is 24.6 Å². The first-order valence-electron chi connectivity index (χ1n) is 15.1. The normalized spacial score (nSPS) is 18.5. The molecule has 1 fully saturated rings. The summed E-state index contributed by atoms with van der Waals surface area (Å²) >= 11 is 0. The van der Waals surface area contributed by atoms with Crippen molar-refractivity contribution in [1.82, 2.24) is 10.3 Å². The molecule has 1 aromatic heterocycles. The number of fused-ring (bicyclic) bond motifs is 1. The minimum atomic E-state index is -1.45. The second-order valence-corrected chi connectivity index (χ2v) is 12.4. The molecule has 4 rings (SSSR count). The number of benzene rings is 1. The van der Waals surface area contributed by atoms with E-state index in [0.29, 0.717) is 35.8 Å². The van der Waals surface area contributed by atoms with Gasteiger partial charge in [0.2, 0.25) is 12.3 Å². The molecule has 4 N–H and O–H groups in total. The number of aryl methyl sites for hydroxylation is 1. The number of anilines is 1. The number of aliphatic hydroxyl groups excluding tert-OH is 1. The number of nitrogens with zero attached hydrogens (tertiary/aromatic N) is 2. The van der Waals surface area contributed by atoms with Crippen molar-refractivity contribution >= 4 is 23.8 Å². The van der Waals surface area contributed by atoms with E-state index in [-0.39, 0.29) is 44.1 Å². The maximum atomic E-state index is 13.8. The van der Waals surface area contributed by atoms with Crippen molar-refractivity contribution < 1.29 is 38.1 Å². The number of halogens is 1. The maximum Gasteiger partial charge on any atom is 0.416 e. The number of aliphatic hydroxyl groups is 1. The highest BCUT2D eigenvalue weighted by Gasteiger charge is 2.35. The van der Waals surface area contributed by atoms with E-state index in [2.05, 4.69) is 5.32 Å². The Morgan fingerprint density at radius 1 is 1.18 bits per heavy atom. The molecule has 2 aromatic rings. The van der Waals surface area contributed by atoms with Gasteiger partial charge in [0.15, 0.2) is 0 Å². The van der Waals surface area contributed by atoms with Crippen LogP contribution in [0.3, 0.4) is 0 Å². The van der Waals surface area contributed by atoms with Crippen LogP contribution in [0.1, 0.15) is 68.8 Å². The summed E-state index contributed by atoms with van der Waals surface area (Å²) in [5.41, 5.74) is 7.59. The summed E-state index contributed by atoms with van der Waals surface area (Å²) in [6.45, 7) is 6.29. The molecule has 0 bridgehead atoms. The van der Waals surface area contributed by atoms with Crippen LogP contribution in [0.15, 0.2) is 30.3 Å². The van der Waals surface area contributed by atoms with E-state index < -0.39 is 23.8 Å². The molecule has 1 saturated carbocycles. The molecule has 240 valence electrons. The Kier molecular flexibility index (Phi) is 11.3. The molecular formula is C32H43FN4O7. The number of nitrogens with one attached hydrogen (secondary N) is 1. The minimum Gasteiger partial charge on any atom is -0.465 e. The summed E-state index contributed by atoms with van der Waals surface area (Å²) in [4.78, 5) is 43.9. The van der Waals surface area contributed by atoms with Crippen LogP contribution in [0, 0.1) is 17.7 Å². The molecule has 44 heavy (non-hydrogen) atoms. The quantitative estimate of drug-likeness (QED) is 0.241. The van der Waals surface area contributed by atoms with Crippen molar-refractivity contribution in [2.75, 3.05) is 24.6 Å². The van der Waals surface area contributed by atoms with Gasteiger partial charge in [0, 0.05) is 31.1 Å². The number of nitrogens with two attached hydrogens (primary N) is 1. The van der Waals surface area contributed by atoms with E-state index in [9.17, 15) is 18.8 Å². The zero-order chi connectivity index (χ0) is 31.9. The van der Waals surface area contributed by atoms with E-state index in [4.69, 9.17) is 30.0 Å². The van der Waals surface area contributed by atoms with Gasteiger partial charge in [-0.05, 0) is 93.7 Å². The Labute approximate surface area is 257 Å². The summed E-state index contributed by atoms with van der Waals surface area (Å²) in [7, 11) is 0. The smallest absolute Gasteiger partial charge is 0.416 e. The van der Waals surface area contributed by atoms with E-state index in [0.717, 1.165) is 43.4 Å². The van der Waals surface area contributed by atoms with Crippen LogP contribution >= 0.6 is 0 Å². The van der Waals surface area contributed by atoms with Gasteiger partial charge in [-0.3, -0.25) is 20.2 Å².